The van der Waals surface area contributed by atoms with Gasteiger partial charge in [-0.15, -0.1) is 0 Å². The fourth-order valence-corrected chi connectivity index (χ4v) is 1.000. The highest BCUT2D eigenvalue weighted by molar-refractivity contribution is 5.82. The van der Waals surface area contributed by atoms with E-state index in [1.807, 2.05) is 30.3 Å². The minimum atomic E-state index is 0.101. The van der Waals surface area contributed by atoms with E-state index in [0.29, 0.717) is 6.42 Å². The summed E-state index contributed by atoms with van der Waals surface area (Å²) < 4.78 is 0. The Hall–Kier alpha value is -1.19. The highest BCUT2D eigenvalue weighted by atomic mass is 16.1. The molecule has 12 heavy (non-hydrogen) atoms. The number of nitrogens with two attached hydrogens (primary N) is 1. The third-order valence-electron chi connectivity index (χ3n) is 1.54. The molecule has 0 bridgehead atoms. The molecule has 3 N–H and O–H groups in total. The maximum atomic E-state index is 11.1. The van der Waals surface area contributed by atoms with Crippen LogP contribution in [0, 0.1) is 0 Å². The average molecular weight is 164 g/mol. The number of hydrogen-bond acceptors (Lipinski definition) is 3. The second-order valence-corrected chi connectivity index (χ2v) is 2.58. The zero-order valence-electron chi connectivity index (χ0n) is 6.79. The van der Waals surface area contributed by atoms with Crippen LogP contribution in [0.5, 0.6) is 0 Å². The van der Waals surface area contributed by atoms with E-state index < -0.39 is 0 Å². The van der Waals surface area contributed by atoms with E-state index in [4.69, 9.17) is 5.84 Å². The van der Waals surface area contributed by atoms with Crippen LogP contribution >= 0.6 is 0 Å². The molecule has 1 aromatic carbocycles. The summed E-state index contributed by atoms with van der Waals surface area (Å²) in [5.74, 6) is 5.11. The minimum absolute atomic E-state index is 0.101. The average Bonchev–Trinajstić information content (AvgIpc) is 2.06. The first-order valence-electron chi connectivity index (χ1n) is 3.82. The first-order valence-corrected chi connectivity index (χ1v) is 3.82. The second-order valence-electron chi connectivity index (χ2n) is 2.58. The van der Waals surface area contributed by atoms with Crippen molar-refractivity contribution >= 4 is 5.78 Å². The van der Waals surface area contributed by atoms with Crippen LogP contribution in [0.2, 0.25) is 0 Å². The number of rotatable bonds is 4. The lowest BCUT2D eigenvalue weighted by molar-refractivity contribution is -0.117. The first kappa shape index (κ1) is 8.90. The summed E-state index contributed by atoms with van der Waals surface area (Å²) in [7, 11) is 0. The molecular formula is C9H12N2O. The number of ketones is 1. The molecule has 64 valence electrons. The fourth-order valence-electron chi connectivity index (χ4n) is 1.000. The van der Waals surface area contributed by atoms with Crippen LogP contribution in [0.1, 0.15) is 5.56 Å². The molecule has 0 radical (unpaired) electrons. The zero-order valence-corrected chi connectivity index (χ0v) is 6.79. The number of benzene rings is 1. The van der Waals surface area contributed by atoms with E-state index in [2.05, 4.69) is 5.43 Å². The molecule has 0 heterocycles. The lowest BCUT2D eigenvalue weighted by Crippen LogP contribution is -2.29. The zero-order chi connectivity index (χ0) is 8.81. The molecule has 0 atom stereocenters. The normalized spacial score (nSPS) is 9.75. The van der Waals surface area contributed by atoms with E-state index >= 15 is 0 Å². The van der Waals surface area contributed by atoms with Crippen molar-refractivity contribution in [3.05, 3.63) is 35.9 Å². The highest BCUT2D eigenvalue weighted by Gasteiger charge is 2.00. The molecule has 0 fully saturated rings. The number of carbonyl (C=O) groups is 1. The Morgan fingerprint density at radius 1 is 1.33 bits per heavy atom. The SMILES string of the molecule is NNCC(=O)Cc1ccccc1. The van der Waals surface area contributed by atoms with Crippen molar-refractivity contribution in [2.24, 2.45) is 5.84 Å². The predicted octanol–water partition coefficient (Wildman–Crippen LogP) is 0.261. The summed E-state index contributed by atoms with van der Waals surface area (Å²) in [6.45, 7) is 0.231. The molecule has 3 heteroatoms. The third-order valence-corrected chi connectivity index (χ3v) is 1.54. The molecular weight excluding hydrogens is 152 g/mol. The summed E-state index contributed by atoms with van der Waals surface area (Å²) in [4.78, 5) is 11.1. The number of nitrogens with one attached hydrogen (secondary N) is 1. The summed E-state index contributed by atoms with van der Waals surface area (Å²) in [6.07, 6.45) is 0.449. The third kappa shape index (κ3) is 2.82. The standard InChI is InChI=1S/C9H12N2O/c10-11-7-9(12)6-8-4-2-1-3-5-8/h1-5,11H,6-7,10H2. The van der Waals surface area contributed by atoms with Crippen LogP contribution in [0.15, 0.2) is 30.3 Å². The first-order chi connectivity index (χ1) is 5.83. The van der Waals surface area contributed by atoms with Gasteiger partial charge in [0.1, 0.15) is 0 Å². The van der Waals surface area contributed by atoms with Gasteiger partial charge in [-0.25, -0.2) is 0 Å². The Bertz CT molecular complexity index is 246. The fraction of sp³-hybridized carbons (Fsp3) is 0.222. The molecule has 0 unspecified atom stereocenters. The molecule has 1 rings (SSSR count). The Balaban J connectivity index is 2.47. The van der Waals surface area contributed by atoms with Gasteiger partial charge in [-0.1, -0.05) is 30.3 Å². The lowest BCUT2D eigenvalue weighted by atomic mass is 10.1. The predicted molar refractivity (Wildman–Crippen MR) is 47.3 cm³/mol. The number of hydrogen-bond donors (Lipinski definition) is 2. The Kier molecular flexibility index (Phi) is 3.44. The molecule has 0 saturated carbocycles. The summed E-state index contributed by atoms with van der Waals surface area (Å²) >= 11 is 0. The smallest absolute Gasteiger partial charge is 0.152 e. The summed E-state index contributed by atoms with van der Waals surface area (Å²) in [5.41, 5.74) is 3.36. The summed E-state index contributed by atoms with van der Waals surface area (Å²) in [6, 6.07) is 9.61. The van der Waals surface area contributed by atoms with Gasteiger partial charge in [-0.2, -0.15) is 0 Å². The van der Waals surface area contributed by atoms with Gasteiger partial charge in [0.2, 0.25) is 0 Å². The van der Waals surface area contributed by atoms with Gasteiger partial charge >= 0.3 is 0 Å². The van der Waals surface area contributed by atoms with Crippen molar-refractivity contribution in [3.8, 4) is 0 Å². The van der Waals surface area contributed by atoms with Crippen LogP contribution < -0.4 is 11.3 Å². The van der Waals surface area contributed by atoms with Gasteiger partial charge < -0.3 is 0 Å². The Morgan fingerprint density at radius 3 is 2.58 bits per heavy atom. The van der Waals surface area contributed by atoms with E-state index in [-0.39, 0.29) is 12.3 Å². The molecule has 0 spiro atoms. The molecule has 3 nitrogen and oxygen atoms in total. The van der Waals surface area contributed by atoms with Crippen molar-refractivity contribution in [2.45, 2.75) is 6.42 Å². The largest absolute Gasteiger partial charge is 0.298 e. The van der Waals surface area contributed by atoms with Gasteiger partial charge in [-0.05, 0) is 5.56 Å². The van der Waals surface area contributed by atoms with Crippen LogP contribution in [0.25, 0.3) is 0 Å². The highest BCUT2D eigenvalue weighted by Crippen LogP contribution is 1.99. The van der Waals surface area contributed by atoms with Crippen LogP contribution in [-0.2, 0) is 11.2 Å². The van der Waals surface area contributed by atoms with Crippen LogP contribution in [-0.4, -0.2) is 12.3 Å². The maximum absolute atomic E-state index is 11.1. The quantitative estimate of drug-likeness (QED) is 0.496. The lowest BCUT2D eigenvalue weighted by Gasteiger charge is -1.98. The number of Topliss-reactive ketones (excluding diaryl/α,β-unsaturated/α-hetero) is 1. The van der Waals surface area contributed by atoms with Gasteiger partial charge in [0.15, 0.2) is 5.78 Å². The molecule has 0 aromatic heterocycles. The number of hydrazine groups is 1. The van der Waals surface area contributed by atoms with Crippen molar-refractivity contribution in [3.63, 3.8) is 0 Å². The topological polar surface area (TPSA) is 55.1 Å². The van der Waals surface area contributed by atoms with E-state index in [1.165, 1.54) is 0 Å². The van der Waals surface area contributed by atoms with Crippen LogP contribution in [0.4, 0.5) is 0 Å². The second kappa shape index (κ2) is 4.64. The Morgan fingerprint density at radius 2 is 2.00 bits per heavy atom. The van der Waals surface area contributed by atoms with Gasteiger partial charge in [0.25, 0.3) is 0 Å². The number of carbonyl (C=O) groups excluding carboxylic acids is 1. The molecule has 0 aliphatic heterocycles. The van der Waals surface area contributed by atoms with Gasteiger partial charge in [0, 0.05) is 6.42 Å². The molecule has 0 saturated heterocycles. The van der Waals surface area contributed by atoms with Gasteiger partial charge in [-0.3, -0.25) is 16.1 Å². The van der Waals surface area contributed by atoms with Crippen molar-refractivity contribution in [1.82, 2.24) is 5.43 Å². The van der Waals surface area contributed by atoms with E-state index in [9.17, 15) is 4.79 Å². The molecule has 0 aliphatic rings. The molecule has 0 aliphatic carbocycles. The molecule has 1 aromatic rings. The van der Waals surface area contributed by atoms with Crippen molar-refractivity contribution in [2.75, 3.05) is 6.54 Å². The summed E-state index contributed by atoms with van der Waals surface area (Å²) in [5, 5.41) is 0. The monoisotopic (exact) mass is 164 g/mol. The van der Waals surface area contributed by atoms with Crippen molar-refractivity contribution in [1.29, 1.82) is 0 Å². The van der Waals surface area contributed by atoms with Gasteiger partial charge in [0.05, 0.1) is 6.54 Å². The van der Waals surface area contributed by atoms with Crippen molar-refractivity contribution < 1.29 is 4.79 Å². The Labute approximate surface area is 71.5 Å². The van der Waals surface area contributed by atoms with E-state index in [1.54, 1.807) is 0 Å². The van der Waals surface area contributed by atoms with E-state index in [0.717, 1.165) is 5.56 Å². The van der Waals surface area contributed by atoms with Crippen LogP contribution in [0.3, 0.4) is 0 Å². The molecule has 0 amide bonds. The minimum Gasteiger partial charge on any atom is -0.298 e. The maximum Gasteiger partial charge on any atom is 0.152 e.